The Balaban J connectivity index is 3.58. The summed E-state index contributed by atoms with van der Waals surface area (Å²) in [6.07, 6.45) is 23.1. The number of carbonyl (C=O) groups excluding carboxylic acids is 1. The van der Waals surface area contributed by atoms with Crippen molar-refractivity contribution in [3.05, 3.63) is 24.3 Å². The zero-order chi connectivity index (χ0) is 27.8. The van der Waals surface area contributed by atoms with Crippen LogP contribution in [0.3, 0.4) is 0 Å². The molecule has 37 heavy (non-hydrogen) atoms. The number of aliphatic hydroxyl groups is 1. The molecule has 9 heteroatoms. The van der Waals surface area contributed by atoms with E-state index < -0.39 is 26.5 Å². The van der Waals surface area contributed by atoms with Gasteiger partial charge in [-0.2, -0.15) is 0 Å². The van der Waals surface area contributed by atoms with Gasteiger partial charge >= 0.3 is 5.97 Å². The molecule has 0 aromatic rings. The maximum Gasteiger partial charge on any atom is 0.305 e. The molecule has 8 nitrogen and oxygen atoms in total. The van der Waals surface area contributed by atoms with Crippen LogP contribution in [0.1, 0.15) is 96.8 Å². The molecule has 0 saturated carbocycles. The molecule has 0 heterocycles. The lowest BCUT2D eigenvalue weighted by atomic mass is 10.1. The third kappa shape index (κ3) is 27.8. The molecule has 0 aliphatic heterocycles. The van der Waals surface area contributed by atoms with Gasteiger partial charge in [0.15, 0.2) is 0 Å². The van der Waals surface area contributed by atoms with Gasteiger partial charge in [0.05, 0.1) is 27.7 Å². The average molecular weight is 548 g/mol. The van der Waals surface area contributed by atoms with Gasteiger partial charge in [-0.15, -0.1) is 0 Å². The Labute approximate surface area is 226 Å². The first-order chi connectivity index (χ1) is 17.6. The monoisotopic (exact) mass is 547 g/mol. The molecule has 1 N–H and O–H groups in total. The number of hydrogen-bond donors (Lipinski definition) is 1. The highest BCUT2D eigenvalue weighted by Crippen LogP contribution is 2.38. The van der Waals surface area contributed by atoms with E-state index >= 15 is 0 Å². The molecule has 0 aromatic carbocycles. The fourth-order valence-corrected chi connectivity index (χ4v) is 4.12. The average Bonchev–Trinajstić information content (AvgIpc) is 2.82. The molecule has 0 aliphatic carbocycles. The van der Waals surface area contributed by atoms with Gasteiger partial charge in [-0.25, -0.2) is 0 Å². The Morgan fingerprint density at radius 3 is 2.03 bits per heavy atom. The summed E-state index contributed by atoms with van der Waals surface area (Å²) in [7, 11) is 1.24. The minimum Gasteiger partial charge on any atom is -0.756 e. The molecule has 0 spiro atoms. The van der Waals surface area contributed by atoms with Crippen molar-refractivity contribution in [1.82, 2.24) is 0 Å². The number of rotatable bonds is 25. The molecule has 0 bridgehead atoms. The van der Waals surface area contributed by atoms with Crippen molar-refractivity contribution in [3.8, 4) is 0 Å². The number of aliphatic hydroxyl groups excluding tert-OH is 1. The summed E-state index contributed by atoms with van der Waals surface area (Å²) in [5.74, 6) is -0.397. The number of ether oxygens (including phenoxy) is 1. The van der Waals surface area contributed by atoms with Crippen LogP contribution >= 0.6 is 7.82 Å². The van der Waals surface area contributed by atoms with Crippen LogP contribution in [0.4, 0.5) is 0 Å². The Morgan fingerprint density at radius 1 is 0.865 bits per heavy atom. The lowest BCUT2D eigenvalue weighted by molar-refractivity contribution is -0.870. The van der Waals surface area contributed by atoms with E-state index in [4.69, 9.17) is 9.26 Å². The first-order valence-corrected chi connectivity index (χ1v) is 15.6. The molecule has 0 rings (SSSR count). The van der Waals surface area contributed by atoms with Crippen LogP contribution in [0.15, 0.2) is 24.3 Å². The van der Waals surface area contributed by atoms with Gasteiger partial charge in [-0.1, -0.05) is 76.2 Å². The van der Waals surface area contributed by atoms with Gasteiger partial charge < -0.3 is 28.3 Å². The first kappa shape index (κ1) is 36.0. The van der Waals surface area contributed by atoms with E-state index in [1.165, 1.54) is 51.4 Å². The lowest BCUT2D eigenvalue weighted by Crippen LogP contribution is -2.37. The maximum atomic E-state index is 11.8. The second kappa shape index (κ2) is 22.9. The second-order valence-electron chi connectivity index (χ2n) is 10.6. The van der Waals surface area contributed by atoms with Gasteiger partial charge in [-0.05, 0) is 38.5 Å². The van der Waals surface area contributed by atoms with E-state index in [1.54, 1.807) is 0 Å². The number of quaternary nitrogens is 1. The highest BCUT2D eigenvalue weighted by molar-refractivity contribution is 7.45. The second-order valence-corrected chi connectivity index (χ2v) is 12.0. The molecular formula is C28H54NO7P. The van der Waals surface area contributed by atoms with E-state index in [0.717, 1.165) is 32.1 Å². The van der Waals surface area contributed by atoms with E-state index in [-0.39, 0.29) is 13.2 Å². The molecule has 218 valence electrons. The van der Waals surface area contributed by atoms with Crippen molar-refractivity contribution >= 4 is 13.8 Å². The van der Waals surface area contributed by atoms with Crippen molar-refractivity contribution in [2.24, 2.45) is 0 Å². The molecule has 0 aromatic heterocycles. The van der Waals surface area contributed by atoms with E-state index in [2.05, 4.69) is 35.8 Å². The number of phosphoric acid groups is 1. The Morgan fingerprint density at radius 2 is 1.43 bits per heavy atom. The minimum atomic E-state index is -4.49. The topological polar surface area (TPSA) is 105 Å². The van der Waals surface area contributed by atoms with Crippen molar-refractivity contribution in [3.63, 3.8) is 0 Å². The number of phosphoric ester groups is 1. The van der Waals surface area contributed by atoms with E-state index in [1.807, 2.05) is 21.1 Å². The molecule has 2 atom stereocenters. The van der Waals surface area contributed by atoms with Crippen LogP contribution in [0.5, 0.6) is 0 Å². The van der Waals surface area contributed by atoms with E-state index in [0.29, 0.717) is 17.4 Å². The van der Waals surface area contributed by atoms with Crippen molar-refractivity contribution < 1.29 is 37.6 Å². The van der Waals surface area contributed by atoms with E-state index in [9.17, 15) is 19.4 Å². The van der Waals surface area contributed by atoms with Crippen molar-refractivity contribution in [1.29, 1.82) is 0 Å². The fourth-order valence-electron chi connectivity index (χ4n) is 3.38. The number of hydrogen-bond acceptors (Lipinski definition) is 7. The molecule has 0 radical (unpaired) electrons. The molecule has 0 fully saturated rings. The highest BCUT2D eigenvalue weighted by atomic mass is 31.2. The maximum absolute atomic E-state index is 11.8. The van der Waals surface area contributed by atoms with Crippen molar-refractivity contribution in [2.75, 3.05) is 47.5 Å². The fraction of sp³-hybridized carbons (Fsp3) is 0.821. The predicted molar refractivity (Wildman–Crippen MR) is 148 cm³/mol. The van der Waals surface area contributed by atoms with Crippen LogP contribution in [-0.4, -0.2) is 69.2 Å². The quantitative estimate of drug-likeness (QED) is 0.0514. The smallest absolute Gasteiger partial charge is 0.305 e. The van der Waals surface area contributed by atoms with Gasteiger partial charge in [0.25, 0.3) is 7.82 Å². The summed E-state index contributed by atoms with van der Waals surface area (Å²) in [4.78, 5) is 23.5. The van der Waals surface area contributed by atoms with Crippen LogP contribution in [0.2, 0.25) is 0 Å². The standard InChI is InChI=1S/C28H54NO7P/c1-5-6-7-8-9-10-11-12-13-14-15-16-17-18-19-20-21-22-28(31)34-25-27(30)26-36-37(32,33)35-24-23-29(2,3)4/h9-10,12-13,27,30H,5-8,11,14-26H2,1-4H3/b10-9-,13-12-/t27-/m1/s1. The van der Waals surface area contributed by atoms with Crippen LogP contribution in [0.25, 0.3) is 0 Å². The predicted octanol–water partition coefficient (Wildman–Crippen LogP) is 5.69. The summed E-state index contributed by atoms with van der Waals surface area (Å²) in [5.41, 5.74) is 0. The number of likely N-dealkylation sites (N-methyl/N-ethyl adjacent to an activating group) is 1. The Kier molecular flexibility index (Phi) is 22.3. The SMILES string of the molecule is CCCCC/C=C\C/C=C\CCCCCCCCCC(=O)OC[C@@H](O)COP(=O)([O-])OCC[N+](C)(C)C. The Bertz CT molecular complexity index is 661. The molecule has 0 saturated heterocycles. The largest absolute Gasteiger partial charge is 0.756 e. The number of allylic oxidation sites excluding steroid dienone is 4. The summed E-state index contributed by atoms with van der Waals surface area (Å²) >= 11 is 0. The molecule has 1 unspecified atom stereocenters. The first-order valence-electron chi connectivity index (χ1n) is 14.1. The number of esters is 1. The summed E-state index contributed by atoms with van der Waals surface area (Å²) in [6, 6.07) is 0. The summed E-state index contributed by atoms with van der Waals surface area (Å²) in [6.45, 7) is 1.90. The third-order valence-corrected chi connectivity index (χ3v) is 6.67. The van der Waals surface area contributed by atoms with Gasteiger partial charge in [0.2, 0.25) is 0 Å². The van der Waals surface area contributed by atoms with Crippen LogP contribution in [0, 0.1) is 0 Å². The molecule has 0 aliphatic rings. The molecular weight excluding hydrogens is 493 g/mol. The number of unbranched alkanes of at least 4 members (excludes halogenated alkanes) is 10. The van der Waals surface area contributed by atoms with Gasteiger partial charge in [-0.3, -0.25) is 9.36 Å². The zero-order valence-corrected chi connectivity index (χ0v) is 24.8. The third-order valence-electron chi connectivity index (χ3n) is 5.70. The zero-order valence-electron chi connectivity index (χ0n) is 23.9. The van der Waals surface area contributed by atoms with Gasteiger partial charge in [0.1, 0.15) is 25.9 Å². The Hall–Kier alpha value is -1.02. The highest BCUT2D eigenvalue weighted by Gasteiger charge is 2.16. The minimum absolute atomic E-state index is 0.00986. The van der Waals surface area contributed by atoms with Gasteiger partial charge in [0, 0.05) is 6.42 Å². The lowest BCUT2D eigenvalue weighted by Gasteiger charge is -2.27. The number of carbonyl (C=O) groups is 1. The normalized spacial score (nSPS) is 14.9. The number of nitrogens with zero attached hydrogens (tertiary/aromatic N) is 1. The molecule has 0 amide bonds. The van der Waals surface area contributed by atoms with Crippen molar-refractivity contribution in [2.45, 2.75) is 103 Å². The van der Waals surface area contributed by atoms with Crippen LogP contribution < -0.4 is 4.89 Å². The summed E-state index contributed by atoms with van der Waals surface area (Å²) < 4.78 is 26.7. The van der Waals surface area contributed by atoms with Crippen LogP contribution in [-0.2, 0) is 23.1 Å². The summed E-state index contributed by atoms with van der Waals surface area (Å²) in [5, 5.41) is 9.81.